The van der Waals surface area contributed by atoms with Crippen molar-refractivity contribution >= 4 is 5.78 Å². The van der Waals surface area contributed by atoms with Gasteiger partial charge in [0.1, 0.15) is 0 Å². The Hall–Kier alpha value is -1.81. The van der Waals surface area contributed by atoms with Gasteiger partial charge >= 0.3 is 0 Å². The number of hydrogen-bond donors (Lipinski definition) is 1. The molecule has 1 fully saturated rings. The third kappa shape index (κ3) is 2.63. The van der Waals surface area contributed by atoms with E-state index in [0.717, 1.165) is 5.57 Å². The van der Waals surface area contributed by atoms with Crippen molar-refractivity contribution in [2.45, 2.75) is 19.8 Å². The van der Waals surface area contributed by atoms with Crippen LogP contribution in [0.15, 0.2) is 48.0 Å². The van der Waals surface area contributed by atoms with Gasteiger partial charge in [-0.3, -0.25) is 4.79 Å². The summed E-state index contributed by atoms with van der Waals surface area (Å²) in [6, 6.07) is 0. The molecular formula is C15H18O4. The number of allylic oxidation sites excluding steroid dienone is 4. The first-order chi connectivity index (χ1) is 9.11. The summed E-state index contributed by atoms with van der Waals surface area (Å²) in [4.78, 5) is 12.4. The highest BCUT2D eigenvalue weighted by Crippen LogP contribution is 2.40. The summed E-state index contributed by atoms with van der Waals surface area (Å²) in [5, 5.41) is 9.05. The number of hydrogen-bond acceptors (Lipinski definition) is 4. The lowest BCUT2D eigenvalue weighted by Crippen LogP contribution is -2.30. The molecule has 4 heteroatoms. The molecule has 0 unspecified atom stereocenters. The molecule has 0 aromatic heterocycles. The van der Waals surface area contributed by atoms with Gasteiger partial charge < -0.3 is 14.6 Å². The Bertz CT molecular complexity index is 484. The van der Waals surface area contributed by atoms with Crippen molar-refractivity contribution in [2.24, 2.45) is 5.41 Å². The van der Waals surface area contributed by atoms with Gasteiger partial charge in [-0.1, -0.05) is 17.7 Å². The summed E-state index contributed by atoms with van der Waals surface area (Å²) in [5.74, 6) is 1.11. The number of ketones is 1. The molecule has 0 bridgehead atoms. The summed E-state index contributed by atoms with van der Waals surface area (Å²) >= 11 is 0. The van der Waals surface area contributed by atoms with E-state index >= 15 is 0 Å². The molecule has 4 nitrogen and oxygen atoms in total. The van der Waals surface area contributed by atoms with E-state index in [1.165, 1.54) is 6.08 Å². The van der Waals surface area contributed by atoms with Gasteiger partial charge in [-0.05, 0) is 25.8 Å². The van der Waals surface area contributed by atoms with Crippen molar-refractivity contribution in [2.75, 3.05) is 13.4 Å². The molecule has 0 aromatic rings. The standard InChI is InChI=1S/C15H18O4/c1-3-5-15(6-4-11(2)9-16)8-13-12(7-14(15)17)18-10-19-13/h3-4,7-8,16H,1,5-6,9-10H2,2H3/t15-/m0/s1. The highest BCUT2D eigenvalue weighted by Gasteiger charge is 2.39. The van der Waals surface area contributed by atoms with Gasteiger partial charge in [-0.15, -0.1) is 6.58 Å². The van der Waals surface area contributed by atoms with Gasteiger partial charge in [0.2, 0.25) is 6.79 Å². The van der Waals surface area contributed by atoms with Gasteiger partial charge in [-0.2, -0.15) is 0 Å². The number of ether oxygens (including phenoxy) is 2. The van der Waals surface area contributed by atoms with Crippen LogP contribution in [-0.2, 0) is 14.3 Å². The van der Waals surface area contributed by atoms with Gasteiger partial charge in [0.05, 0.1) is 12.0 Å². The molecule has 0 saturated carbocycles. The smallest absolute Gasteiger partial charge is 0.231 e. The Morgan fingerprint density at radius 3 is 2.89 bits per heavy atom. The third-order valence-electron chi connectivity index (χ3n) is 3.40. The molecule has 0 aromatic carbocycles. The fraction of sp³-hybridized carbons (Fsp3) is 0.400. The van der Waals surface area contributed by atoms with Crippen LogP contribution in [-0.4, -0.2) is 24.3 Å². The molecule has 1 aliphatic heterocycles. The Morgan fingerprint density at radius 2 is 2.21 bits per heavy atom. The monoisotopic (exact) mass is 262 g/mol. The number of carbonyl (C=O) groups excluding carboxylic acids is 1. The van der Waals surface area contributed by atoms with Crippen molar-refractivity contribution < 1.29 is 19.4 Å². The second-order valence-corrected chi connectivity index (χ2v) is 4.85. The Balaban J connectivity index is 2.32. The predicted molar refractivity (Wildman–Crippen MR) is 70.9 cm³/mol. The summed E-state index contributed by atoms with van der Waals surface area (Å²) in [7, 11) is 0. The normalized spacial score (nSPS) is 26.0. The number of fused-ring (bicyclic) bond motifs is 1. The average Bonchev–Trinajstić information content (AvgIpc) is 2.83. The molecule has 102 valence electrons. The molecule has 0 amide bonds. The molecule has 19 heavy (non-hydrogen) atoms. The van der Waals surface area contributed by atoms with E-state index in [2.05, 4.69) is 6.58 Å². The van der Waals surface area contributed by atoms with Gasteiger partial charge in [0.25, 0.3) is 0 Å². The molecule has 1 N–H and O–H groups in total. The molecule has 1 saturated heterocycles. The molecule has 1 aliphatic carbocycles. The van der Waals surface area contributed by atoms with E-state index in [0.29, 0.717) is 24.4 Å². The lowest BCUT2D eigenvalue weighted by atomic mass is 9.74. The average molecular weight is 262 g/mol. The Morgan fingerprint density at radius 1 is 1.47 bits per heavy atom. The maximum absolute atomic E-state index is 12.4. The summed E-state index contributed by atoms with van der Waals surface area (Å²) in [5.41, 5.74) is 0.165. The van der Waals surface area contributed by atoms with Crippen molar-refractivity contribution in [3.05, 3.63) is 48.0 Å². The van der Waals surface area contributed by atoms with E-state index in [-0.39, 0.29) is 19.2 Å². The zero-order chi connectivity index (χ0) is 13.9. The number of aliphatic hydroxyl groups excluding tert-OH is 1. The lowest BCUT2D eigenvalue weighted by molar-refractivity contribution is -0.121. The van der Waals surface area contributed by atoms with Crippen LogP contribution in [0.3, 0.4) is 0 Å². The zero-order valence-electron chi connectivity index (χ0n) is 11.0. The largest absolute Gasteiger partial charge is 0.454 e. The van der Waals surface area contributed by atoms with Crippen LogP contribution in [0.2, 0.25) is 0 Å². The van der Waals surface area contributed by atoms with Crippen LogP contribution in [0, 0.1) is 5.41 Å². The van der Waals surface area contributed by atoms with E-state index in [4.69, 9.17) is 14.6 Å². The SMILES string of the molecule is C=CC[C@]1(CC=C(C)CO)C=C2OCOC2=CC1=O. The lowest BCUT2D eigenvalue weighted by Gasteiger charge is -2.28. The van der Waals surface area contributed by atoms with E-state index in [9.17, 15) is 4.79 Å². The quantitative estimate of drug-likeness (QED) is 0.772. The minimum atomic E-state index is -0.676. The number of aliphatic hydroxyl groups is 1. The first-order valence-corrected chi connectivity index (χ1v) is 6.23. The van der Waals surface area contributed by atoms with Crippen molar-refractivity contribution in [1.82, 2.24) is 0 Å². The highest BCUT2D eigenvalue weighted by molar-refractivity contribution is 5.99. The van der Waals surface area contributed by atoms with Crippen LogP contribution in [0.1, 0.15) is 19.8 Å². The molecule has 0 spiro atoms. The maximum Gasteiger partial charge on any atom is 0.231 e. The van der Waals surface area contributed by atoms with Crippen LogP contribution in [0.4, 0.5) is 0 Å². The first kappa shape index (κ1) is 13.6. The van der Waals surface area contributed by atoms with Crippen LogP contribution in [0.25, 0.3) is 0 Å². The van der Waals surface area contributed by atoms with Gasteiger partial charge in [0, 0.05) is 6.08 Å². The maximum atomic E-state index is 12.4. The topological polar surface area (TPSA) is 55.8 Å². The minimum absolute atomic E-state index is 0.00433. The molecule has 2 aliphatic rings. The van der Waals surface area contributed by atoms with Crippen molar-refractivity contribution in [3.63, 3.8) is 0 Å². The van der Waals surface area contributed by atoms with E-state index < -0.39 is 5.41 Å². The van der Waals surface area contributed by atoms with Gasteiger partial charge in [0.15, 0.2) is 17.3 Å². The summed E-state index contributed by atoms with van der Waals surface area (Å²) in [6.07, 6.45) is 7.96. The van der Waals surface area contributed by atoms with Gasteiger partial charge in [-0.25, -0.2) is 0 Å². The number of carbonyl (C=O) groups is 1. The molecule has 1 atom stereocenters. The van der Waals surface area contributed by atoms with Crippen LogP contribution < -0.4 is 0 Å². The Kier molecular flexibility index (Phi) is 3.90. The fourth-order valence-electron chi connectivity index (χ4n) is 2.19. The second kappa shape index (κ2) is 5.45. The van der Waals surface area contributed by atoms with Crippen LogP contribution in [0.5, 0.6) is 0 Å². The molecule has 0 radical (unpaired) electrons. The molecular weight excluding hydrogens is 244 g/mol. The number of rotatable bonds is 5. The Labute approximate surface area is 112 Å². The van der Waals surface area contributed by atoms with E-state index in [1.807, 2.05) is 19.1 Å². The summed E-state index contributed by atoms with van der Waals surface area (Å²) < 4.78 is 10.6. The molecule has 2 rings (SSSR count). The fourth-order valence-corrected chi connectivity index (χ4v) is 2.19. The highest BCUT2D eigenvalue weighted by atomic mass is 16.7. The minimum Gasteiger partial charge on any atom is -0.454 e. The predicted octanol–water partition coefficient (Wildman–Crippen LogP) is 2.23. The van der Waals surface area contributed by atoms with Crippen molar-refractivity contribution in [3.8, 4) is 0 Å². The third-order valence-corrected chi connectivity index (χ3v) is 3.40. The van der Waals surface area contributed by atoms with Crippen molar-refractivity contribution in [1.29, 1.82) is 0 Å². The van der Waals surface area contributed by atoms with Crippen LogP contribution >= 0.6 is 0 Å². The first-order valence-electron chi connectivity index (χ1n) is 6.23. The molecule has 1 heterocycles. The summed E-state index contributed by atoms with van der Waals surface area (Å²) in [6.45, 7) is 5.70. The zero-order valence-corrected chi connectivity index (χ0v) is 11.0. The second-order valence-electron chi connectivity index (χ2n) is 4.85. The van der Waals surface area contributed by atoms with E-state index in [1.54, 1.807) is 6.08 Å².